The maximum atomic E-state index is 11.7. The SMILES string of the molecule is O=C(CCOCC(F)F)N1CCC(O)CC1. The van der Waals surface area contributed by atoms with Crippen LogP contribution in [0.3, 0.4) is 0 Å². The number of likely N-dealkylation sites (tertiary alicyclic amines) is 1. The molecule has 0 spiro atoms. The number of aliphatic hydroxyl groups is 1. The minimum absolute atomic E-state index is 0.0300. The van der Waals surface area contributed by atoms with Gasteiger partial charge in [0.1, 0.15) is 6.61 Å². The molecule has 16 heavy (non-hydrogen) atoms. The second-order valence-electron chi connectivity index (χ2n) is 3.83. The van der Waals surface area contributed by atoms with Crippen molar-refractivity contribution in [2.24, 2.45) is 0 Å². The molecule has 1 heterocycles. The lowest BCUT2D eigenvalue weighted by atomic mass is 10.1. The molecule has 1 fully saturated rings. The summed E-state index contributed by atoms with van der Waals surface area (Å²) in [5.41, 5.74) is 0. The summed E-state index contributed by atoms with van der Waals surface area (Å²) >= 11 is 0. The van der Waals surface area contributed by atoms with Crippen molar-refractivity contribution in [3.8, 4) is 0 Å². The highest BCUT2D eigenvalue weighted by molar-refractivity contribution is 5.76. The minimum atomic E-state index is -2.49. The van der Waals surface area contributed by atoms with Crippen LogP contribution < -0.4 is 0 Å². The van der Waals surface area contributed by atoms with E-state index >= 15 is 0 Å². The fourth-order valence-corrected chi connectivity index (χ4v) is 1.61. The van der Waals surface area contributed by atoms with E-state index in [1.807, 2.05) is 0 Å². The van der Waals surface area contributed by atoms with Crippen LogP contribution in [-0.4, -0.2) is 54.7 Å². The van der Waals surface area contributed by atoms with Gasteiger partial charge in [0, 0.05) is 13.1 Å². The largest absolute Gasteiger partial charge is 0.393 e. The average molecular weight is 237 g/mol. The first kappa shape index (κ1) is 13.3. The number of hydrogen-bond acceptors (Lipinski definition) is 3. The third kappa shape index (κ3) is 4.85. The lowest BCUT2D eigenvalue weighted by Gasteiger charge is -2.29. The molecule has 0 aromatic heterocycles. The zero-order valence-electron chi connectivity index (χ0n) is 9.07. The van der Waals surface area contributed by atoms with Gasteiger partial charge in [0.05, 0.1) is 19.1 Å². The van der Waals surface area contributed by atoms with Crippen LogP contribution in [0.4, 0.5) is 8.78 Å². The molecular weight excluding hydrogens is 220 g/mol. The summed E-state index contributed by atoms with van der Waals surface area (Å²) in [6.45, 7) is 0.484. The van der Waals surface area contributed by atoms with Crippen molar-refractivity contribution in [3.63, 3.8) is 0 Å². The first-order chi connectivity index (χ1) is 7.59. The molecule has 1 amide bonds. The Bertz CT molecular complexity index is 218. The van der Waals surface area contributed by atoms with Gasteiger partial charge in [-0.3, -0.25) is 4.79 Å². The molecule has 1 N–H and O–H groups in total. The third-order valence-corrected chi connectivity index (χ3v) is 2.52. The molecule has 6 heteroatoms. The van der Waals surface area contributed by atoms with Crippen molar-refractivity contribution in [1.82, 2.24) is 4.90 Å². The Balaban J connectivity index is 2.10. The van der Waals surface area contributed by atoms with E-state index in [2.05, 4.69) is 4.74 Å². The quantitative estimate of drug-likeness (QED) is 0.714. The van der Waals surface area contributed by atoms with Gasteiger partial charge < -0.3 is 14.7 Å². The predicted octanol–water partition coefficient (Wildman–Crippen LogP) is 0.641. The maximum Gasteiger partial charge on any atom is 0.261 e. The number of carbonyl (C=O) groups is 1. The van der Waals surface area contributed by atoms with Crippen molar-refractivity contribution in [1.29, 1.82) is 0 Å². The molecule has 1 saturated heterocycles. The molecule has 0 radical (unpaired) electrons. The second-order valence-corrected chi connectivity index (χ2v) is 3.83. The van der Waals surface area contributed by atoms with Gasteiger partial charge in [-0.2, -0.15) is 0 Å². The van der Waals surface area contributed by atoms with E-state index < -0.39 is 13.0 Å². The van der Waals surface area contributed by atoms with Crippen LogP contribution >= 0.6 is 0 Å². The van der Waals surface area contributed by atoms with E-state index in [0.29, 0.717) is 25.9 Å². The number of hydrogen-bond donors (Lipinski definition) is 1. The molecule has 0 atom stereocenters. The van der Waals surface area contributed by atoms with Gasteiger partial charge in [0.2, 0.25) is 5.91 Å². The Kier molecular flexibility index (Phi) is 5.62. The number of aliphatic hydroxyl groups excluding tert-OH is 1. The smallest absolute Gasteiger partial charge is 0.261 e. The topological polar surface area (TPSA) is 49.8 Å². The van der Waals surface area contributed by atoms with Crippen molar-refractivity contribution in [3.05, 3.63) is 0 Å². The molecule has 0 aromatic rings. The molecule has 4 nitrogen and oxygen atoms in total. The number of halogens is 2. The van der Waals surface area contributed by atoms with E-state index in [4.69, 9.17) is 0 Å². The first-order valence-electron chi connectivity index (χ1n) is 5.41. The molecule has 0 aliphatic carbocycles. The zero-order chi connectivity index (χ0) is 12.0. The first-order valence-corrected chi connectivity index (χ1v) is 5.41. The zero-order valence-corrected chi connectivity index (χ0v) is 9.07. The molecule has 1 rings (SSSR count). The van der Waals surface area contributed by atoms with Gasteiger partial charge in [-0.15, -0.1) is 0 Å². The van der Waals surface area contributed by atoms with Gasteiger partial charge in [0.15, 0.2) is 0 Å². The average Bonchev–Trinajstić information content (AvgIpc) is 2.25. The standard InChI is InChI=1S/C10H17F2NO3/c11-9(12)7-16-6-3-10(15)13-4-1-8(14)2-5-13/h8-9,14H,1-7H2. The highest BCUT2D eigenvalue weighted by Crippen LogP contribution is 2.10. The summed E-state index contributed by atoms with van der Waals surface area (Å²) < 4.78 is 28.0. The Morgan fingerprint density at radius 2 is 2.06 bits per heavy atom. The highest BCUT2D eigenvalue weighted by Gasteiger charge is 2.20. The van der Waals surface area contributed by atoms with Gasteiger partial charge >= 0.3 is 0 Å². The Morgan fingerprint density at radius 3 is 2.62 bits per heavy atom. The molecule has 0 bridgehead atoms. The van der Waals surface area contributed by atoms with E-state index in [9.17, 15) is 18.7 Å². The summed E-state index contributed by atoms with van der Waals surface area (Å²) in [6, 6.07) is 0. The van der Waals surface area contributed by atoms with E-state index in [1.165, 1.54) is 0 Å². The van der Waals surface area contributed by atoms with Gasteiger partial charge in [0.25, 0.3) is 6.43 Å². The normalized spacial score (nSPS) is 18.1. The summed E-state index contributed by atoms with van der Waals surface area (Å²) in [6.07, 6.45) is -1.50. The lowest BCUT2D eigenvalue weighted by molar-refractivity contribution is -0.134. The maximum absolute atomic E-state index is 11.7. The number of ether oxygens (including phenoxy) is 1. The van der Waals surface area contributed by atoms with Crippen molar-refractivity contribution in [2.45, 2.75) is 31.8 Å². The van der Waals surface area contributed by atoms with E-state index in [1.54, 1.807) is 4.90 Å². The minimum Gasteiger partial charge on any atom is -0.393 e. The number of alkyl halides is 2. The Morgan fingerprint density at radius 1 is 1.44 bits per heavy atom. The molecule has 1 aliphatic rings. The molecule has 1 aliphatic heterocycles. The third-order valence-electron chi connectivity index (χ3n) is 2.52. The predicted molar refractivity (Wildman–Crippen MR) is 53.3 cm³/mol. The number of rotatable bonds is 5. The van der Waals surface area contributed by atoms with E-state index in [0.717, 1.165) is 0 Å². The van der Waals surface area contributed by atoms with Crippen molar-refractivity contribution in [2.75, 3.05) is 26.3 Å². The lowest BCUT2D eigenvalue weighted by Crippen LogP contribution is -2.40. The summed E-state index contributed by atoms with van der Waals surface area (Å²) in [5, 5.41) is 9.24. The highest BCUT2D eigenvalue weighted by atomic mass is 19.3. The molecule has 0 saturated carbocycles. The fraction of sp³-hybridized carbons (Fsp3) is 0.900. The van der Waals surface area contributed by atoms with E-state index in [-0.39, 0.29) is 25.0 Å². The number of nitrogens with zero attached hydrogens (tertiary/aromatic N) is 1. The van der Waals surface area contributed by atoms with Crippen molar-refractivity contribution < 1.29 is 23.4 Å². The molecule has 94 valence electrons. The van der Waals surface area contributed by atoms with Gasteiger partial charge in [-0.05, 0) is 12.8 Å². The summed E-state index contributed by atoms with van der Waals surface area (Å²) in [7, 11) is 0. The van der Waals surface area contributed by atoms with Crippen LogP contribution in [0.2, 0.25) is 0 Å². The summed E-state index contributed by atoms with van der Waals surface area (Å²) in [4.78, 5) is 13.2. The molecule has 0 aromatic carbocycles. The second kappa shape index (κ2) is 6.75. The monoisotopic (exact) mass is 237 g/mol. The van der Waals surface area contributed by atoms with Crippen LogP contribution in [0.25, 0.3) is 0 Å². The Hall–Kier alpha value is -0.750. The summed E-state index contributed by atoms with van der Waals surface area (Å²) in [5.74, 6) is -0.0961. The fourth-order valence-electron chi connectivity index (χ4n) is 1.61. The van der Waals surface area contributed by atoms with Gasteiger partial charge in [-0.25, -0.2) is 8.78 Å². The van der Waals surface area contributed by atoms with Crippen LogP contribution in [0.15, 0.2) is 0 Å². The number of piperidine rings is 1. The van der Waals surface area contributed by atoms with Crippen molar-refractivity contribution >= 4 is 5.91 Å². The number of carbonyl (C=O) groups excluding carboxylic acids is 1. The van der Waals surface area contributed by atoms with Gasteiger partial charge in [-0.1, -0.05) is 0 Å². The Labute approximate surface area is 93.2 Å². The van der Waals surface area contributed by atoms with Crippen LogP contribution in [0.1, 0.15) is 19.3 Å². The van der Waals surface area contributed by atoms with Crippen LogP contribution in [-0.2, 0) is 9.53 Å². The number of amides is 1. The van der Waals surface area contributed by atoms with Crippen LogP contribution in [0.5, 0.6) is 0 Å². The molecule has 0 unspecified atom stereocenters. The molecular formula is C10H17F2NO3. The van der Waals surface area contributed by atoms with Crippen LogP contribution in [0, 0.1) is 0 Å².